The lowest BCUT2D eigenvalue weighted by molar-refractivity contribution is 0.0878. The molecule has 2 N–H and O–H groups in total. The predicted molar refractivity (Wildman–Crippen MR) is 52.2 cm³/mol. The highest BCUT2D eigenvalue weighted by Crippen LogP contribution is 2.04. The highest BCUT2D eigenvalue weighted by molar-refractivity contribution is 4.76. The molecule has 0 aromatic carbocycles. The van der Waals surface area contributed by atoms with Gasteiger partial charge in [-0.1, -0.05) is 0 Å². The standard InChI is InChI=1S/C9H22N2O/c1-7(6-12-5)11(4)9(3)8(2)10/h7-9H,6,10H2,1-5H3. The number of nitrogens with two attached hydrogens (primary N) is 1. The fourth-order valence-corrected chi connectivity index (χ4v) is 1.13. The second-order valence-corrected chi connectivity index (χ2v) is 3.57. The van der Waals surface area contributed by atoms with Gasteiger partial charge in [0.25, 0.3) is 0 Å². The Hall–Kier alpha value is -0.120. The van der Waals surface area contributed by atoms with Gasteiger partial charge >= 0.3 is 0 Å². The summed E-state index contributed by atoms with van der Waals surface area (Å²) < 4.78 is 5.07. The molecule has 74 valence electrons. The van der Waals surface area contributed by atoms with E-state index in [4.69, 9.17) is 10.5 Å². The van der Waals surface area contributed by atoms with E-state index in [0.717, 1.165) is 6.61 Å². The molecule has 3 unspecified atom stereocenters. The summed E-state index contributed by atoms with van der Waals surface area (Å²) in [6, 6.07) is 1.03. The maximum absolute atomic E-state index is 5.79. The van der Waals surface area contributed by atoms with Crippen LogP contribution in [0.2, 0.25) is 0 Å². The van der Waals surface area contributed by atoms with E-state index in [1.807, 2.05) is 6.92 Å². The number of ether oxygens (including phenoxy) is 1. The fourth-order valence-electron chi connectivity index (χ4n) is 1.13. The smallest absolute Gasteiger partial charge is 0.0615 e. The first-order valence-corrected chi connectivity index (χ1v) is 4.47. The summed E-state index contributed by atoms with van der Waals surface area (Å²) >= 11 is 0. The maximum Gasteiger partial charge on any atom is 0.0615 e. The predicted octanol–water partition coefficient (Wildman–Crippen LogP) is 0.689. The molecule has 0 fully saturated rings. The van der Waals surface area contributed by atoms with Crippen molar-refractivity contribution in [2.45, 2.75) is 38.9 Å². The lowest BCUT2D eigenvalue weighted by atomic mass is 10.1. The van der Waals surface area contributed by atoms with Crippen LogP contribution in [0.3, 0.4) is 0 Å². The van der Waals surface area contributed by atoms with E-state index in [0.29, 0.717) is 12.1 Å². The van der Waals surface area contributed by atoms with Crippen LogP contribution in [0.15, 0.2) is 0 Å². The van der Waals surface area contributed by atoms with Gasteiger partial charge in [0.2, 0.25) is 0 Å². The number of rotatable bonds is 5. The Kier molecular flexibility index (Phi) is 5.46. The Morgan fingerprint density at radius 2 is 1.83 bits per heavy atom. The molecule has 0 saturated carbocycles. The first kappa shape index (κ1) is 11.9. The average molecular weight is 174 g/mol. The van der Waals surface area contributed by atoms with E-state index in [-0.39, 0.29) is 6.04 Å². The van der Waals surface area contributed by atoms with Gasteiger partial charge in [-0.05, 0) is 27.8 Å². The van der Waals surface area contributed by atoms with Crippen molar-refractivity contribution in [1.29, 1.82) is 0 Å². The van der Waals surface area contributed by atoms with Crippen molar-refractivity contribution in [2.24, 2.45) is 5.73 Å². The molecular formula is C9H22N2O. The minimum absolute atomic E-state index is 0.203. The number of methoxy groups -OCH3 is 1. The van der Waals surface area contributed by atoms with Crippen LogP contribution in [0.4, 0.5) is 0 Å². The molecule has 3 atom stereocenters. The summed E-state index contributed by atoms with van der Waals surface area (Å²) in [5.41, 5.74) is 5.79. The molecule has 0 saturated heterocycles. The molecule has 0 heterocycles. The van der Waals surface area contributed by atoms with E-state index in [2.05, 4.69) is 25.8 Å². The third-order valence-electron chi connectivity index (χ3n) is 2.51. The highest BCUT2D eigenvalue weighted by atomic mass is 16.5. The van der Waals surface area contributed by atoms with E-state index in [1.165, 1.54) is 0 Å². The maximum atomic E-state index is 5.79. The zero-order valence-electron chi connectivity index (χ0n) is 8.87. The summed E-state index contributed by atoms with van der Waals surface area (Å²) in [5, 5.41) is 0. The van der Waals surface area contributed by atoms with Crippen LogP contribution in [0.5, 0.6) is 0 Å². The van der Waals surface area contributed by atoms with Crippen molar-refractivity contribution >= 4 is 0 Å². The van der Waals surface area contributed by atoms with Crippen LogP contribution in [0.1, 0.15) is 20.8 Å². The monoisotopic (exact) mass is 174 g/mol. The van der Waals surface area contributed by atoms with Crippen molar-refractivity contribution in [2.75, 3.05) is 20.8 Å². The van der Waals surface area contributed by atoms with Crippen LogP contribution >= 0.6 is 0 Å². The SMILES string of the molecule is COCC(C)N(C)C(C)C(C)N. The average Bonchev–Trinajstić information content (AvgIpc) is 2.02. The summed E-state index contributed by atoms with van der Waals surface area (Å²) in [4.78, 5) is 2.24. The Morgan fingerprint density at radius 1 is 1.33 bits per heavy atom. The zero-order chi connectivity index (χ0) is 9.72. The lowest BCUT2D eigenvalue weighted by Crippen LogP contribution is -2.47. The van der Waals surface area contributed by atoms with E-state index < -0.39 is 0 Å². The van der Waals surface area contributed by atoms with Crippen molar-refractivity contribution < 1.29 is 4.74 Å². The Morgan fingerprint density at radius 3 is 2.17 bits per heavy atom. The number of likely N-dealkylation sites (N-methyl/N-ethyl adjacent to an activating group) is 1. The molecule has 0 aliphatic heterocycles. The van der Waals surface area contributed by atoms with Gasteiger partial charge in [-0.25, -0.2) is 0 Å². The van der Waals surface area contributed by atoms with Gasteiger partial charge in [0.1, 0.15) is 0 Å². The molecular weight excluding hydrogens is 152 g/mol. The molecule has 0 radical (unpaired) electrons. The quantitative estimate of drug-likeness (QED) is 0.666. The molecule has 0 amide bonds. The normalized spacial score (nSPS) is 19.2. The van der Waals surface area contributed by atoms with Gasteiger partial charge in [0.05, 0.1) is 6.61 Å². The molecule has 0 aliphatic carbocycles. The van der Waals surface area contributed by atoms with Gasteiger partial charge in [0.15, 0.2) is 0 Å². The molecule has 3 heteroatoms. The van der Waals surface area contributed by atoms with E-state index in [9.17, 15) is 0 Å². The Labute approximate surface area is 75.9 Å². The van der Waals surface area contributed by atoms with Crippen LogP contribution in [-0.2, 0) is 4.74 Å². The van der Waals surface area contributed by atoms with Crippen LogP contribution in [-0.4, -0.2) is 43.8 Å². The zero-order valence-corrected chi connectivity index (χ0v) is 8.87. The van der Waals surface area contributed by atoms with Crippen LogP contribution < -0.4 is 5.73 Å². The van der Waals surface area contributed by atoms with Crippen LogP contribution in [0.25, 0.3) is 0 Å². The first-order valence-electron chi connectivity index (χ1n) is 4.47. The topological polar surface area (TPSA) is 38.5 Å². The van der Waals surface area contributed by atoms with Gasteiger partial charge in [-0.15, -0.1) is 0 Å². The van der Waals surface area contributed by atoms with Crippen molar-refractivity contribution in [3.8, 4) is 0 Å². The van der Waals surface area contributed by atoms with Gasteiger partial charge in [-0.3, -0.25) is 4.90 Å². The Bertz CT molecular complexity index is 117. The number of nitrogens with zero attached hydrogens (tertiary/aromatic N) is 1. The third-order valence-corrected chi connectivity index (χ3v) is 2.51. The Balaban J connectivity index is 3.90. The summed E-state index contributed by atoms with van der Waals surface area (Å²) in [6.07, 6.45) is 0. The molecule has 0 aliphatic rings. The first-order chi connectivity index (χ1) is 5.50. The number of hydrogen-bond acceptors (Lipinski definition) is 3. The van der Waals surface area contributed by atoms with Crippen molar-refractivity contribution in [3.63, 3.8) is 0 Å². The molecule has 0 aromatic rings. The van der Waals surface area contributed by atoms with Crippen molar-refractivity contribution in [1.82, 2.24) is 4.90 Å². The fraction of sp³-hybridized carbons (Fsp3) is 1.00. The van der Waals surface area contributed by atoms with Gasteiger partial charge in [-0.2, -0.15) is 0 Å². The van der Waals surface area contributed by atoms with Gasteiger partial charge in [0, 0.05) is 25.2 Å². The molecule has 3 nitrogen and oxygen atoms in total. The van der Waals surface area contributed by atoms with Crippen LogP contribution in [0, 0.1) is 0 Å². The second-order valence-electron chi connectivity index (χ2n) is 3.57. The van der Waals surface area contributed by atoms with Gasteiger partial charge < -0.3 is 10.5 Å². The largest absolute Gasteiger partial charge is 0.383 e. The number of hydrogen-bond donors (Lipinski definition) is 1. The third kappa shape index (κ3) is 3.52. The molecule has 0 aromatic heterocycles. The van der Waals surface area contributed by atoms with E-state index in [1.54, 1.807) is 7.11 Å². The summed E-state index contributed by atoms with van der Waals surface area (Å²) in [6.45, 7) is 7.06. The molecule has 0 rings (SSSR count). The molecule has 12 heavy (non-hydrogen) atoms. The second kappa shape index (κ2) is 5.51. The van der Waals surface area contributed by atoms with E-state index >= 15 is 0 Å². The minimum atomic E-state index is 0.203. The molecule has 0 bridgehead atoms. The summed E-state index contributed by atoms with van der Waals surface area (Å²) in [7, 11) is 3.80. The minimum Gasteiger partial charge on any atom is -0.383 e. The lowest BCUT2D eigenvalue weighted by Gasteiger charge is -2.32. The van der Waals surface area contributed by atoms with Crippen molar-refractivity contribution in [3.05, 3.63) is 0 Å². The highest BCUT2D eigenvalue weighted by Gasteiger charge is 2.18. The molecule has 0 spiro atoms. The summed E-state index contributed by atoms with van der Waals surface area (Å²) in [5.74, 6) is 0.